The molecule has 17 heavy (non-hydrogen) atoms. The molecule has 1 rings (SSSR count). The molecule has 0 saturated carbocycles. The van der Waals surface area contributed by atoms with Crippen LogP contribution in [-0.2, 0) is 9.59 Å². The highest BCUT2D eigenvalue weighted by atomic mass is 16.2. The minimum Gasteiger partial charge on any atom is -0.277 e. The Morgan fingerprint density at radius 3 is 1.53 bits per heavy atom. The number of nitrogens with one attached hydrogen (secondary N) is 2. The number of hydrogen-bond acceptors (Lipinski definition) is 3. The molecule has 1 saturated heterocycles. The summed E-state index contributed by atoms with van der Waals surface area (Å²) in [4.78, 5) is 35.1. The second-order valence-corrected chi connectivity index (χ2v) is 5.52. The molecule has 0 bridgehead atoms. The molecule has 5 heteroatoms. The van der Waals surface area contributed by atoms with Crippen LogP contribution in [0.1, 0.15) is 40.5 Å². The molecule has 0 aliphatic carbocycles. The summed E-state index contributed by atoms with van der Waals surface area (Å²) >= 11 is 0. The van der Waals surface area contributed by atoms with Gasteiger partial charge in [-0.15, -0.1) is 0 Å². The van der Waals surface area contributed by atoms with Crippen LogP contribution < -0.4 is 10.6 Å². The van der Waals surface area contributed by atoms with Crippen molar-refractivity contribution >= 4 is 17.8 Å². The van der Waals surface area contributed by atoms with Gasteiger partial charge in [-0.2, -0.15) is 0 Å². The summed E-state index contributed by atoms with van der Waals surface area (Å²) in [6.07, 6.45) is 0.909. The van der Waals surface area contributed by atoms with Gasteiger partial charge in [0, 0.05) is 0 Å². The molecule has 0 atom stereocenters. The van der Waals surface area contributed by atoms with Gasteiger partial charge in [0.05, 0.1) is 0 Å². The lowest BCUT2D eigenvalue weighted by Gasteiger charge is -2.36. The molecule has 5 nitrogen and oxygen atoms in total. The van der Waals surface area contributed by atoms with Gasteiger partial charge in [0.25, 0.3) is 0 Å². The SMILES string of the molecule is CC(C)CC1(CC(C)C)C(=O)NC(=O)NC1=O. The van der Waals surface area contributed by atoms with E-state index < -0.39 is 23.3 Å². The molecule has 0 aromatic heterocycles. The minimum absolute atomic E-state index is 0.207. The van der Waals surface area contributed by atoms with Crippen molar-refractivity contribution in [2.75, 3.05) is 0 Å². The van der Waals surface area contributed by atoms with Crippen LogP contribution in [0.3, 0.4) is 0 Å². The zero-order valence-electron chi connectivity index (χ0n) is 10.8. The van der Waals surface area contributed by atoms with Crippen molar-refractivity contribution in [1.29, 1.82) is 0 Å². The van der Waals surface area contributed by atoms with E-state index in [1.165, 1.54) is 0 Å². The monoisotopic (exact) mass is 240 g/mol. The van der Waals surface area contributed by atoms with Crippen LogP contribution in [0.2, 0.25) is 0 Å². The number of urea groups is 1. The van der Waals surface area contributed by atoms with Crippen molar-refractivity contribution in [3.8, 4) is 0 Å². The van der Waals surface area contributed by atoms with Gasteiger partial charge in [-0.1, -0.05) is 27.7 Å². The number of rotatable bonds is 4. The first-order valence-electron chi connectivity index (χ1n) is 5.95. The zero-order valence-corrected chi connectivity index (χ0v) is 10.8. The minimum atomic E-state index is -1.10. The summed E-state index contributed by atoms with van der Waals surface area (Å²) in [5.74, 6) is -0.515. The van der Waals surface area contributed by atoms with Crippen molar-refractivity contribution in [1.82, 2.24) is 10.6 Å². The third kappa shape index (κ3) is 2.84. The topological polar surface area (TPSA) is 75.3 Å². The lowest BCUT2D eigenvalue weighted by Crippen LogP contribution is -2.63. The van der Waals surface area contributed by atoms with Crippen LogP contribution in [0.5, 0.6) is 0 Å². The molecule has 96 valence electrons. The van der Waals surface area contributed by atoms with Gasteiger partial charge in [-0.25, -0.2) is 4.79 Å². The summed E-state index contributed by atoms with van der Waals surface area (Å²) in [5, 5.41) is 4.40. The van der Waals surface area contributed by atoms with Gasteiger partial charge < -0.3 is 0 Å². The highest BCUT2D eigenvalue weighted by Gasteiger charge is 2.50. The molecule has 2 N–H and O–H groups in total. The van der Waals surface area contributed by atoms with Crippen LogP contribution in [0.4, 0.5) is 4.79 Å². The smallest absolute Gasteiger partial charge is 0.277 e. The number of hydrogen-bond donors (Lipinski definition) is 2. The number of amides is 4. The largest absolute Gasteiger partial charge is 0.328 e. The van der Waals surface area contributed by atoms with Crippen molar-refractivity contribution < 1.29 is 14.4 Å². The molecule has 1 aliphatic rings. The lowest BCUT2D eigenvalue weighted by molar-refractivity contribution is -0.146. The molecule has 0 spiro atoms. The average molecular weight is 240 g/mol. The highest BCUT2D eigenvalue weighted by molar-refractivity contribution is 6.19. The van der Waals surface area contributed by atoms with E-state index in [1.807, 2.05) is 27.7 Å². The van der Waals surface area contributed by atoms with E-state index in [1.54, 1.807) is 0 Å². The predicted octanol–water partition coefficient (Wildman–Crippen LogP) is 1.43. The molecule has 1 fully saturated rings. The standard InChI is InChI=1S/C12H20N2O3/c1-7(2)5-12(6-8(3)4)9(15)13-11(17)14-10(12)16/h7-8H,5-6H2,1-4H3,(H2,13,14,15,16,17). The number of carbonyl (C=O) groups excluding carboxylic acids is 3. The second-order valence-electron chi connectivity index (χ2n) is 5.52. The maximum atomic E-state index is 12.0. The van der Waals surface area contributed by atoms with Crippen molar-refractivity contribution in [3.63, 3.8) is 0 Å². The van der Waals surface area contributed by atoms with E-state index in [2.05, 4.69) is 10.6 Å². The Labute approximate surface area is 101 Å². The molecule has 0 radical (unpaired) electrons. The van der Waals surface area contributed by atoms with E-state index in [-0.39, 0.29) is 11.8 Å². The first-order valence-corrected chi connectivity index (χ1v) is 5.95. The molecule has 1 aliphatic heterocycles. The number of barbiturate groups is 1. The Morgan fingerprint density at radius 1 is 0.882 bits per heavy atom. The van der Waals surface area contributed by atoms with Crippen LogP contribution >= 0.6 is 0 Å². The summed E-state index contributed by atoms with van der Waals surface area (Å²) in [7, 11) is 0. The van der Waals surface area contributed by atoms with Crippen molar-refractivity contribution in [3.05, 3.63) is 0 Å². The fraction of sp³-hybridized carbons (Fsp3) is 0.750. The molecule has 1 heterocycles. The summed E-state index contributed by atoms with van der Waals surface area (Å²) < 4.78 is 0. The Hall–Kier alpha value is -1.39. The van der Waals surface area contributed by atoms with E-state index in [0.717, 1.165) is 0 Å². The highest BCUT2D eigenvalue weighted by Crippen LogP contribution is 2.35. The first kappa shape index (κ1) is 13.7. The van der Waals surface area contributed by atoms with Gasteiger partial charge in [0.2, 0.25) is 11.8 Å². The molecular weight excluding hydrogens is 220 g/mol. The third-order valence-corrected chi connectivity index (χ3v) is 2.84. The molecule has 0 aromatic carbocycles. The van der Waals surface area contributed by atoms with Gasteiger partial charge >= 0.3 is 6.03 Å². The van der Waals surface area contributed by atoms with E-state index in [0.29, 0.717) is 12.8 Å². The lowest BCUT2D eigenvalue weighted by atomic mass is 9.72. The summed E-state index contributed by atoms with van der Waals surface area (Å²) in [6.45, 7) is 7.83. The van der Waals surface area contributed by atoms with Gasteiger partial charge in [-0.3, -0.25) is 20.2 Å². The summed E-state index contributed by atoms with van der Waals surface area (Å²) in [6, 6.07) is -0.719. The van der Waals surface area contributed by atoms with E-state index in [4.69, 9.17) is 0 Å². The number of imide groups is 2. The predicted molar refractivity (Wildman–Crippen MR) is 63.0 cm³/mol. The van der Waals surface area contributed by atoms with Gasteiger partial charge in [-0.05, 0) is 24.7 Å². The quantitative estimate of drug-likeness (QED) is 0.730. The van der Waals surface area contributed by atoms with E-state index in [9.17, 15) is 14.4 Å². The van der Waals surface area contributed by atoms with Crippen LogP contribution in [0, 0.1) is 17.3 Å². The fourth-order valence-electron chi connectivity index (χ4n) is 2.43. The molecule has 0 unspecified atom stereocenters. The fourth-order valence-corrected chi connectivity index (χ4v) is 2.43. The van der Waals surface area contributed by atoms with Gasteiger partial charge in [0.1, 0.15) is 5.41 Å². The van der Waals surface area contributed by atoms with Gasteiger partial charge in [0.15, 0.2) is 0 Å². The number of carbonyl (C=O) groups is 3. The third-order valence-electron chi connectivity index (χ3n) is 2.84. The average Bonchev–Trinajstić information content (AvgIpc) is 2.12. The van der Waals surface area contributed by atoms with Crippen LogP contribution in [0.15, 0.2) is 0 Å². The Balaban J connectivity index is 3.06. The molecule has 4 amide bonds. The molecule has 0 aromatic rings. The maximum absolute atomic E-state index is 12.0. The Morgan fingerprint density at radius 2 is 1.24 bits per heavy atom. The molecular formula is C12H20N2O3. The van der Waals surface area contributed by atoms with Crippen LogP contribution in [0.25, 0.3) is 0 Å². The Kier molecular flexibility index (Phi) is 3.91. The first-order chi connectivity index (χ1) is 7.78. The van der Waals surface area contributed by atoms with Crippen molar-refractivity contribution in [2.24, 2.45) is 17.3 Å². The van der Waals surface area contributed by atoms with Crippen LogP contribution in [-0.4, -0.2) is 17.8 Å². The van der Waals surface area contributed by atoms with E-state index >= 15 is 0 Å². The second kappa shape index (κ2) is 4.85. The van der Waals surface area contributed by atoms with Crippen molar-refractivity contribution in [2.45, 2.75) is 40.5 Å². The Bertz CT molecular complexity index is 316. The maximum Gasteiger partial charge on any atom is 0.328 e. The summed E-state index contributed by atoms with van der Waals surface area (Å²) in [5.41, 5.74) is -1.10. The zero-order chi connectivity index (χ0) is 13.2. The normalized spacial score (nSPS) is 19.5.